The predicted molar refractivity (Wildman–Crippen MR) is 69.6 cm³/mol. The molecule has 2 nitrogen and oxygen atoms in total. The van der Waals surface area contributed by atoms with Crippen LogP contribution in [0.25, 0.3) is 0 Å². The first-order chi connectivity index (χ1) is 7.48. The summed E-state index contributed by atoms with van der Waals surface area (Å²) in [5.74, 6) is 0. The zero-order valence-electron chi connectivity index (χ0n) is 11.1. The number of aliphatic hydroxyl groups is 1. The highest BCUT2D eigenvalue weighted by Crippen LogP contribution is 2.27. The minimum Gasteiger partial charge on any atom is -0.391 e. The largest absolute Gasteiger partial charge is 0.391 e. The van der Waals surface area contributed by atoms with Crippen molar-refractivity contribution in [3.05, 3.63) is 12.2 Å². The summed E-state index contributed by atoms with van der Waals surface area (Å²) in [5.41, 5.74) is 1.04. The van der Waals surface area contributed by atoms with E-state index in [4.69, 9.17) is 0 Å². The Kier molecular flexibility index (Phi) is 5.00. The first-order valence-electron chi connectivity index (χ1n) is 6.58. The molecular weight excluding hydrogens is 198 g/mol. The number of hydrogen-bond donors (Lipinski definition) is 1. The fourth-order valence-electron chi connectivity index (χ4n) is 2.35. The van der Waals surface area contributed by atoms with Gasteiger partial charge in [-0.25, -0.2) is 0 Å². The molecule has 1 aliphatic heterocycles. The topological polar surface area (TPSA) is 23.5 Å². The second-order valence-corrected chi connectivity index (χ2v) is 5.52. The maximum atomic E-state index is 10.3. The van der Waals surface area contributed by atoms with Crippen LogP contribution in [0, 0.1) is 0 Å². The average Bonchev–Trinajstić information content (AvgIpc) is 2.29. The standard InChI is InChI=1S/C14H27NO/c1-5-12(2)11-13(16)14(3,4)15-9-7-6-8-10-15/h13,16H,2,5-11H2,1,3-4H3. The summed E-state index contributed by atoms with van der Waals surface area (Å²) in [6, 6.07) is 0. The summed E-state index contributed by atoms with van der Waals surface area (Å²) in [6.45, 7) is 12.7. The maximum Gasteiger partial charge on any atom is 0.0755 e. The molecule has 0 saturated carbocycles. The molecule has 1 N–H and O–H groups in total. The summed E-state index contributed by atoms with van der Waals surface area (Å²) in [4.78, 5) is 2.43. The minimum absolute atomic E-state index is 0.113. The Hall–Kier alpha value is -0.340. The molecular formula is C14H27NO. The quantitative estimate of drug-likeness (QED) is 0.727. The fourth-order valence-corrected chi connectivity index (χ4v) is 2.35. The van der Waals surface area contributed by atoms with Crippen LogP contribution in [0.15, 0.2) is 12.2 Å². The molecule has 1 rings (SSSR count). The number of aliphatic hydroxyl groups excluding tert-OH is 1. The molecule has 0 aromatic heterocycles. The van der Waals surface area contributed by atoms with Gasteiger partial charge in [0.15, 0.2) is 0 Å². The monoisotopic (exact) mass is 225 g/mol. The molecule has 1 fully saturated rings. The van der Waals surface area contributed by atoms with E-state index in [0.29, 0.717) is 0 Å². The molecule has 0 aromatic carbocycles. The third kappa shape index (κ3) is 3.33. The Morgan fingerprint density at radius 2 is 1.88 bits per heavy atom. The van der Waals surface area contributed by atoms with Crippen molar-refractivity contribution in [1.82, 2.24) is 4.90 Å². The van der Waals surface area contributed by atoms with Crippen molar-refractivity contribution in [2.24, 2.45) is 0 Å². The third-order valence-corrected chi connectivity index (χ3v) is 3.97. The number of nitrogens with zero attached hydrogens (tertiary/aromatic N) is 1. The number of piperidine rings is 1. The molecule has 16 heavy (non-hydrogen) atoms. The predicted octanol–water partition coefficient (Wildman–Crippen LogP) is 2.97. The number of likely N-dealkylation sites (tertiary alicyclic amines) is 1. The third-order valence-electron chi connectivity index (χ3n) is 3.97. The smallest absolute Gasteiger partial charge is 0.0755 e. The Morgan fingerprint density at radius 1 is 1.31 bits per heavy atom. The van der Waals surface area contributed by atoms with Gasteiger partial charge in [0.2, 0.25) is 0 Å². The van der Waals surface area contributed by atoms with Crippen LogP contribution in [-0.2, 0) is 0 Å². The lowest BCUT2D eigenvalue weighted by molar-refractivity contribution is -0.0188. The second-order valence-electron chi connectivity index (χ2n) is 5.52. The molecule has 1 saturated heterocycles. The van der Waals surface area contributed by atoms with E-state index in [1.165, 1.54) is 19.3 Å². The first-order valence-corrected chi connectivity index (χ1v) is 6.58. The van der Waals surface area contributed by atoms with E-state index in [-0.39, 0.29) is 11.6 Å². The van der Waals surface area contributed by atoms with E-state index >= 15 is 0 Å². The van der Waals surface area contributed by atoms with Gasteiger partial charge in [-0.05, 0) is 52.6 Å². The van der Waals surface area contributed by atoms with Crippen molar-refractivity contribution in [2.45, 2.75) is 64.5 Å². The van der Waals surface area contributed by atoms with Crippen LogP contribution in [-0.4, -0.2) is 34.7 Å². The van der Waals surface area contributed by atoms with Gasteiger partial charge in [-0.2, -0.15) is 0 Å². The zero-order chi connectivity index (χ0) is 12.2. The van der Waals surface area contributed by atoms with Crippen LogP contribution in [0.3, 0.4) is 0 Å². The minimum atomic E-state index is -0.293. The van der Waals surface area contributed by atoms with Crippen LogP contribution >= 0.6 is 0 Å². The maximum absolute atomic E-state index is 10.3. The van der Waals surface area contributed by atoms with Gasteiger partial charge >= 0.3 is 0 Å². The van der Waals surface area contributed by atoms with E-state index in [2.05, 4.69) is 32.3 Å². The first kappa shape index (κ1) is 13.7. The molecule has 2 heteroatoms. The Labute approximate surface area is 100 Å². The van der Waals surface area contributed by atoms with E-state index in [9.17, 15) is 5.11 Å². The van der Waals surface area contributed by atoms with E-state index in [1.54, 1.807) is 0 Å². The van der Waals surface area contributed by atoms with Crippen molar-refractivity contribution in [1.29, 1.82) is 0 Å². The molecule has 0 bridgehead atoms. The van der Waals surface area contributed by atoms with Gasteiger partial charge in [0.25, 0.3) is 0 Å². The van der Waals surface area contributed by atoms with Gasteiger partial charge in [-0.15, -0.1) is 0 Å². The number of rotatable bonds is 5. The lowest BCUT2D eigenvalue weighted by Gasteiger charge is -2.44. The van der Waals surface area contributed by atoms with E-state index in [0.717, 1.165) is 31.5 Å². The highest BCUT2D eigenvalue weighted by atomic mass is 16.3. The lowest BCUT2D eigenvalue weighted by atomic mass is 9.88. The molecule has 0 aliphatic carbocycles. The van der Waals surface area contributed by atoms with Crippen molar-refractivity contribution >= 4 is 0 Å². The molecule has 1 unspecified atom stereocenters. The molecule has 0 spiro atoms. The summed E-state index contributed by atoms with van der Waals surface area (Å²) in [5, 5.41) is 10.3. The van der Waals surface area contributed by atoms with Crippen LogP contribution in [0.5, 0.6) is 0 Å². The summed E-state index contributed by atoms with van der Waals surface area (Å²) >= 11 is 0. The summed E-state index contributed by atoms with van der Waals surface area (Å²) < 4.78 is 0. The van der Waals surface area contributed by atoms with Crippen LogP contribution in [0.1, 0.15) is 52.9 Å². The van der Waals surface area contributed by atoms with Crippen LogP contribution in [0.4, 0.5) is 0 Å². The van der Waals surface area contributed by atoms with Gasteiger partial charge in [0, 0.05) is 5.54 Å². The molecule has 0 amide bonds. The van der Waals surface area contributed by atoms with Crippen molar-refractivity contribution in [2.75, 3.05) is 13.1 Å². The van der Waals surface area contributed by atoms with E-state index < -0.39 is 0 Å². The average molecular weight is 225 g/mol. The molecule has 1 atom stereocenters. The molecule has 1 aliphatic rings. The van der Waals surface area contributed by atoms with Gasteiger partial charge in [0.1, 0.15) is 0 Å². The normalized spacial score (nSPS) is 20.8. The SMILES string of the molecule is C=C(CC)CC(O)C(C)(C)N1CCCCC1. The van der Waals surface area contributed by atoms with Crippen molar-refractivity contribution < 1.29 is 5.11 Å². The van der Waals surface area contributed by atoms with Gasteiger partial charge < -0.3 is 5.11 Å². The summed E-state index contributed by atoms with van der Waals surface area (Å²) in [7, 11) is 0. The summed E-state index contributed by atoms with van der Waals surface area (Å²) in [6.07, 6.45) is 5.28. The highest BCUT2D eigenvalue weighted by Gasteiger charge is 2.34. The van der Waals surface area contributed by atoms with E-state index in [1.807, 2.05) is 0 Å². The van der Waals surface area contributed by atoms with Crippen molar-refractivity contribution in [3.8, 4) is 0 Å². The highest BCUT2D eigenvalue weighted by molar-refractivity contribution is 5.01. The Balaban J connectivity index is 2.56. The Bertz CT molecular complexity index is 229. The van der Waals surface area contributed by atoms with Crippen LogP contribution in [0.2, 0.25) is 0 Å². The van der Waals surface area contributed by atoms with Gasteiger partial charge in [0.05, 0.1) is 6.10 Å². The zero-order valence-corrected chi connectivity index (χ0v) is 11.1. The second kappa shape index (κ2) is 5.83. The molecule has 1 heterocycles. The molecule has 0 aromatic rings. The fraction of sp³-hybridized carbons (Fsp3) is 0.857. The van der Waals surface area contributed by atoms with Crippen LogP contribution < -0.4 is 0 Å². The Morgan fingerprint density at radius 3 is 2.38 bits per heavy atom. The molecule has 94 valence electrons. The van der Waals surface area contributed by atoms with Gasteiger partial charge in [-0.1, -0.05) is 25.5 Å². The van der Waals surface area contributed by atoms with Gasteiger partial charge in [-0.3, -0.25) is 4.90 Å². The lowest BCUT2D eigenvalue weighted by Crippen LogP contribution is -2.54. The number of hydrogen-bond acceptors (Lipinski definition) is 2. The van der Waals surface area contributed by atoms with Crippen molar-refractivity contribution in [3.63, 3.8) is 0 Å². The molecule has 0 radical (unpaired) electrons.